The summed E-state index contributed by atoms with van der Waals surface area (Å²) < 4.78 is 10.5. The fraction of sp³-hybridized carbons (Fsp3) is 0.500. The maximum atomic E-state index is 13.1. The molecule has 1 aliphatic carbocycles. The van der Waals surface area contributed by atoms with E-state index in [1.54, 1.807) is 7.11 Å². The lowest BCUT2D eigenvalue weighted by Gasteiger charge is -2.28. The average molecular weight is 385 g/mol. The second-order valence-electron chi connectivity index (χ2n) is 7.49. The van der Waals surface area contributed by atoms with Crippen molar-refractivity contribution in [2.24, 2.45) is 0 Å². The molecular weight excluding hydrogens is 352 g/mol. The zero-order chi connectivity index (χ0) is 20.7. The number of carbonyl (C=O) groups excluding carboxylic acids is 2. The second-order valence-corrected chi connectivity index (χ2v) is 7.49. The van der Waals surface area contributed by atoms with Crippen LogP contribution < -0.4 is 0 Å². The van der Waals surface area contributed by atoms with E-state index in [1.807, 2.05) is 52.0 Å². The predicted molar refractivity (Wildman–Crippen MR) is 111 cm³/mol. The number of ether oxygens (including phenoxy) is 2. The SMILES string of the molecule is CC/C(C)=C(\C(=O)OCCOC)C(C1=C(C)CCCC1=O)c1ccc(C)cc1. The van der Waals surface area contributed by atoms with Crippen molar-refractivity contribution in [2.45, 2.75) is 59.3 Å². The van der Waals surface area contributed by atoms with E-state index < -0.39 is 0 Å². The van der Waals surface area contributed by atoms with Gasteiger partial charge in [-0.2, -0.15) is 0 Å². The van der Waals surface area contributed by atoms with E-state index in [-0.39, 0.29) is 24.3 Å². The number of Topliss-reactive ketones (excluding diaryl/α,β-unsaturated/α-hetero) is 1. The van der Waals surface area contributed by atoms with E-state index in [2.05, 4.69) is 0 Å². The summed E-state index contributed by atoms with van der Waals surface area (Å²) in [5, 5.41) is 0. The predicted octanol–water partition coefficient (Wildman–Crippen LogP) is 5.06. The summed E-state index contributed by atoms with van der Waals surface area (Å²) in [7, 11) is 1.58. The van der Waals surface area contributed by atoms with E-state index >= 15 is 0 Å². The topological polar surface area (TPSA) is 52.6 Å². The first-order chi connectivity index (χ1) is 13.4. The monoisotopic (exact) mass is 384 g/mol. The molecule has 0 bridgehead atoms. The first kappa shape index (κ1) is 22.1. The van der Waals surface area contributed by atoms with E-state index in [9.17, 15) is 9.59 Å². The Morgan fingerprint density at radius 1 is 1.11 bits per heavy atom. The van der Waals surface area contributed by atoms with Gasteiger partial charge in [-0.1, -0.05) is 47.9 Å². The van der Waals surface area contributed by atoms with Gasteiger partial charge in [0, 0.05) is 30.6 Å². The summed E-state index contributed by atoms with van der Waals surface area (Å²) in [6.45, 7) is 8.57. The molecule has 0 heterocycles. The molecule has 1 aromatic rings. The third kappa shape index (κ3) is 5.20. The van der Waals surface area contributed by atoms with Gasteiger partial charge in [-0.25, -0.2) is 4.79 Å². The van der Waals surface area contributed by atoms with Crippen LogP contribution in [-0.2, 0) is 19.1 Å². The number of allylic oxidation sites excluding steroid dienone is 3. The van der Waals surface area contributed by atoms with Crippen molar-refractivity contribution in [3.63, 3.8) is 0 Å². The quantitative estimate of drug-likeness (QED) is 0.357. The Labute approximate surface area is 168 Å². The number of esters is 1. The van der Waals surface area contributed by atoms with Crippen LogP contribution in [-0.4, -0.2) is 32.1 Å². The molecule has 0 spiro atoms. The van der Waals surface area contributed by atoms with E-state index in [1.165, 1.54) is 0 Å². The van der Waals surface area contributed by atoms with Gasteiger partial charge in [-0.3, -0.25) is 4.79 Å². The van der Waals surface area contributed by atoms with Gasteiger partial charge in [-0.15, -0.1) is 0 Å². The van der Waals surface area contributed by atoms with Gasteiger partial charge in [0.15, 0.2) is 5.78 Å². The maximum Gasteiger partial charge on any atom is 0.335 e. The Kier molecular flexibility index (Phi) is 8.18. The zero-order valence-electron chi connectivity index (χ0n) is 17.8. The molecule has 152 valence electrons. The minimum absolute atomic E-state index is 0.139. The Morgan fingerprint density at radius 3 is 2.36 bits per heavy atom. The first-order valence-electron chi connectivity index (χ1n) is 10.1. The molecule has 0 amide bonds. The van der Waals surface area contributed by atoms with Crippen LogP contribution in [0.3, 0.4) is 0 Å². The summed E-state index contributed by atoms with van der Waals surface area (Å²) in [6, 6.07) is 8.10. The van der Waals surface area contributed by atoms with Crippen LogP contribution in [0.2, 0.25) is 0 Å². The molecule has 1 atom stereocenters. The van der Waals surface area contributed by atoms with E-state index in [0.29, 0.717) is 18.6 Å². The fourth-order valence-electron chi connectivity index (χ4n) is 3.69. The summed E-state index contributed by atoms with van der Waals surface area (Å²) in [5.74, 6) is -0.607. The Morgan fingerprint density at radius 2 is 1.79 bits per heavy atom. The van der Waals surface area contributed by atoms with Gasteiger partial charge >= 0.3 is 5.97 Å². The molecule has 0 fully saturated rings. The number of hydrogen-bond donors (Lipinski definition) is 0. The maximum absolute atomic E-state index is 13.1. The summed E-state index contributed by atoms with van der Waals surface area (Å²) >= 11 is 0. The third-order valence-corrected chi connectivity index (χ3v) is 5.43. The molecular formula is C24H32O4. The normalized spacial score (nSPS) is 16.7. The molecule has 1 aromatic carbocycles. The number of ketones is 1. The number of benzene rings is 1. The number of rotatable bonds is 8. The first-order valence-corrected chi connectivity index (χ1v) is 10.1. The third-order valence-electron chi connectivity index (χ3n) is 5.43. The van der Waals surface area contributed by atoms with Crippen LogP contribution in [0, 0.1) is 6.92 Å². The van der Waals surface area contributed by atoms with Crippen LogP contribution in [0.5, 0.6) is 0 Å². The van der Waals surface area contributed by atoms with Gasteiger partial charge in [0.05, 0.1) is 6.61 Å². The zero-order valence-corrected chi connectivity index (χ0v) is 17.8. The molecule has 0 saturated heterocycles. The highest BCUT2D eigenvalue weighted by molar-refractivity contribution is 6.02. The van der Waals surface area contributed by atoms with Gasteiger partial charge in [0.1, 0.15) is 6.61 Å². The van der Waals surface area contributed by atoms with Crippen molar-refractivity contribution in [3.05, 3.63) is 57.7 Å². The van der Waals surface area contributed by atoms with Crippen LogP contribution >= 0.6 is 0 Å². The lowest BCUT2D eigenvalue weighted by Crippen LogP contribution is -2.25. The highest BCUT2D eigenvalue weighted by atomic mass is 16.6. The lowest BCUT2D eigenvalue weighted by molar-refractivity contribution is -0.140. The second kappa shape index (κ2) is 10.4. The smallest absolute Gasteiger partial charge is 0.335 e. The summed E-state index contributed by atoms with van der Waals surface area (Å²) in [4.78, 5) is 26.0. The summed E-state index contributed by atoms with van der Waals surface area (Å²) in [6.07, 6.45) is 3.02. The van der Waals surface area contributed by atoms with Crippen LogP contribution in [0.25, 0.3) is 0 Å². The van der Waals surface area contributed by atoms with Crippen molar-refractivity contribution >= 4 is 11.8 Å². The molecule has 0 radical (unpaired) electrons. The fourth-order valence-corrected chi connectivity index (χ4v) is 3.69. The Hall–Kier alpha value is -2.20. The molecule has 28 heavy (non-hydrogen) atoms. The van der Waals surface area contributed by atoms with Gasteiger partial charge in [-0.05, 0) is 45.6 Å². The standard InChI is InChI=1S/C24H32O4/c1-6-17(3)22(24(26)28-15-14-27-5)23(19-12-10-16(2)11-13-19)21-18(4)8-7-9-20(21)25/h10-13,23H,6-9,14-15H2,1-5H3/b22-17-. The Balaban J connectivity index is 2.61. The number of methoxy groups -OCH3 is 1. The molecule has 0 saturated carbocycles. The van der Waals surface area contributed by atoms with Crippen LogP contribution in [0.1, 0.15) is 63.5 Å². The Bertz CT molecular complexity index is 768. The van der Waals surface area contributed by atoms with Crippen molar-refractivity contribution in [2.75, 3.05) is 20.3 Å². The van der Waals surface area contributed by atoms with Crippen molar-refractivity contribution in [1.29, 1.82) is 0 Å². The molecule has 1 aliphatic rings. The molecule has 0 aliphatic heterocycles. The number of hydrogen-bond acceptors (Lipinski definition) is 4. The molecule has 4 nitrogen and oxygen atoms in total. The molecule has 2 rings (SSSR count). The van der Waals surface area contributed by atoms with Gasteiger partial charge in [0.2, 0.25) is 0 Å². The van der Waals surface area contributed by atoms with E-state index in [4.69, 9.17) is 9.47 Å². The van der Waals surface area contributed by atoms with Gasteiger partial charge in [0.25, 0.3) is 0 Å². The van der Waals surface area contributed by atoms with Crippen LogP contribution in [0.15, 0.2) is 46.6 Å². The van der Waals surface area contributed by atoms with Crippen molar-refractivity contribution < 1.29 is 19.1 Å². The minimum atomic E-state index is -0.386. The molecule has 4 heteroatoms. The molecule has 1 unspecified atom stereocenters. The number of carbonyl (C=O) groups is 2. The molecule has 0 N–H and O–H groups in total. The highest BCUT2D eigenvalue weighted by Gasteiger charge is 2.34. The van der Waals surface area contributed by atoms with Crippen molar-refractivity contribution in [1.82, 2.24) is 0 Å². The van der Waals surface area contributed by atoms with Gasteiger partial charge < -0.3 is 9.47 Å². The average Bonchev–Trinajstić information content (AvgIpc) is 2.67. The largest absolute Gasteiger partial charge is 0.460 e. The highest BCUT2D eigenvalue weighted by Crippen LogP contribution is 2.40. The molecule has 0 aromatic heterocycles. The van der Waals surface area contributed by atoms with E-state index in [0.717, 1.165) is 47.1 Å². The number of aryl methyl sites for hydroxylation is 1. The van der Waals surface area contributed by atoms with Crippen LogP contribution in [0.4, 0.5) is 0 Å². The van der Waals surface area contributed by atoms with Crippen molar-refractivity contribution in [3.8, 4) is 0 Å². The lowest BCUT2D eigenvalue weighted by atomic mass is 9.75. The minimum Gasteiger partial charge on any atom is -0.460 e. The summed E-state index contributed by atoms with van der Waals surface area (Å²) in [5.41, 5.74) is 5.48.